The molecule has 36 heavy (non-hydrogen) atoms. The topological polar surface area (TPSA) is 123 Å². The molecule has 2 heterocycles. The maximum absolute atomic E-state index is 13.2. The third kappa shape index (κ3) is 5.10. The van der Waals surface area contributed by atoms with Gasteiger partial charge < -0.3 is 14.7 Å². The van der Waals surface area contributed by atoms with Crippen LogP contribution in [0.3, 0.4) is 0 Å². The molecule has 1 aromatic heterocycles. The molecule has 3 aromatic rings. The largest absolute Gasteiger partial charge is 0.507 e. The van der Waals surface area contributed by atoms with E-state index in [9.17, 15) is 24.8 Å². The number of non-ortho nitro benzene ring substituents is 1. The number of benzene rings is 2. The minimum atomic E-state index is -0.942. The maximum atomic E-state index is 13.2. The summed E-state index contributed by atoms with van der Waals surface area (Å²) in [6.45, 7) is 4.66. The third-order valence-corrected chi connectivity index (χ3v) is 5.75. The number of hydrogen-bond acceptors (Lipinski definition) is 7. The van der Waals surface area contributed by atoms with E-state index < -0.39 is 22.7 Å². The normalized spacial score (nSPS) is 17.0. The number of nitro benzene ring substituents is 1. The van der Waals surface area contributed by atoms with E-state index in [0.29, 0.717) is 35.0 Å². The minimum absolute atomic E-state index is 0.0683. The number of nitro groups is 1. The highest BCUT2D eigenvalue weighted by Crippen LogP contribution is 2.40. The Bertz CT molecular complexity index is 1300. The van der Waals surface area contributed by atoms with Crippen molar-refractivity contribution in [1.29, 1.82) is 0 Å². The van der Waals surface area contributed by atoms with Crippen LogP contribution in [0, 0.1) is 16.0 Å². The predicted molar refractivity (Wildman–Crippen MR) is 132 cm³/mol. The molecule has 1 fully saturated rings. The first-order chi connectivity index (χ1) is 17.3. The molecule has 1 atom stereocenters. The molecule has 1 amide bonds. The van der Waals surface area contributed by atoms with Gasteiger partial charge in [-0.25, -0.2) is 0 Å². The van der Waals surface area contributed by atoms with Crippen LogP contribution in [0.25, 0.3) is 5.76 Å². The molecule has 1 N–H and O–H groups in total. The van der Waals surface area contributed by atoms with Crippen LogP contribution in [0.15, 0.2) is 78.6 Å². The zero-order valence-corrected chi connectivity index (χ0v) is 19.8. The number of pyridine rings is 1. The van der Waals surface area contributed by atoms with Crippen molar-refractivity contribution in [1.82, 2.24) is 9.88 Å². The van der Waals surface area contributed by atoms with Crippen molar-refractivity contribution in [2.24, 2.45) is 5.92 Å². The first kappa shape index (κ1) is 24.6. The van der Waals surface area contributed by atoms with E-state index in [0.717, 1.165) is 0 Å². The second-order valence-corrected chi connectivity index (χ2v) is 8.87. The number of hydrogen-bond donors (Lipinski definition) is 1. The second kappa shape index (κ2) is 10.4. The van der Waals surface area contributed by atoms with Crippen LogP contribution in [0.5, 0.6) is 5.75 Å². The molecule has 0 radical (unpaired) electrons. The summed E-state index contributed by atoms with van der Waals surface area (Å²) in [4.78, 5) is 42.3. The van der Waals surface area contributed by atoms with Gasteiger partial charge in [0.15, 0.2) is 0 Å². The Morgan fingerprint density at radius 3 is 2.39 bits per heavy atom. The summed E-state index contributed by atoms with van der Waals surface area (Å²) in [5.74, 6) is -0.985. The molecule has 184 valence electrons. The van der Waals surface area contributed by atoms with E-state index >= 15 is 0 Å². The Morgan fingerprint density at radius 2 is 1.81 bits per heavy atom. The van der Waals surface area contributed by atoms with Crippen LogP contribution in [-0.2, 0) is 16.1 Å². The van der Waals surface area contributed by atoms with Crippen molar-refractivity contribution in [3.05, 3.63) is 105 Å². The van der Waals surface area contributed by atoms with Crippen molar-refractivity contribution in [2.45, 2.75) is 26.4 Å². The number of aliphatic hydroxyl groups excluding tert-OH is 1. The number of carbonyl (C=O) groups is 2. The van der Waals surface area contributed by atoms with Gasteiger partial charge in [-0.15, -0.1) is 0 Å². The number of rotatable bonds is 8. The van der Waals surface area contributed by atoms with Gasteiger partial charge >= 0.3 is 0 Å². The van der Waals surface area contributed by atoms with Gasteiger partial charge in [0, 0.05) is 36.6 Å². The fraction of sp³-hybridized carbons (Fsp3) is 0.222. The average Bonchev–Trinajstić information content (AvgIpc) is 3.13. The molecule has 0 aliphatic carbocycles. The smallest absolute Gasteiger partial charge is 0.295 e. The van der Waals surface area contributed by atoms with Crippen LogP contribution in [-0.4, -0.2) is 38.2 Å². The summed E-state index contributed by atoms with van der Waals surface area (Å²) in [6, 6.07) is 14.7. The van der Waals surface area contributed by atoms with Gasteiger partial charge in [-0.05, 0) is 59.5 Å². The molecule has 1 saturated heterocycles. The molecule has 4 rings (SSSR count). The fourth-order valence-electron chi connectivity index (χ4n) is 3.98. The summed E-state index contributed by atoms with van der Waals surface area (Å²) < 4.78 is 5.68. The van der Waals surface area contributed by atoms with Gasteiger partial charge in [0.05, 0.1) is 23.1 Å². The lowest BCUT2D eigenvalue weighted by Crippen LogP contribution is -2.29. The van der Waals surface area contributed by atoms with Crippen molar-refractivity contribution in [3.63, 3.8) is 0 Å². The molecule has 0 unspecified atom stereocenters. The number of ketones is 1. The zero-order chi connectivity index (χ0) is 25.8. The van der Waals surface area contributed by atoms with E-state index in [2.05, 4.69) is 4.98 Å². The van der Waals surface area contributed by atoms with Crippen molar-refractivity contribution in [2.75, 3.05) is 6.61 Å². The number of nitrogens with zero attached hydrogens (tertiary/aromatic N) is 3. The predicted octanol–water partition coefficient (Wildman–Crippen LogP) is 4.65. The van der Waals surface area contributed by atoms with E-state index in [-0.39, 0.29) is 23.6 Å². The third-order valence-electron chi connectivity index (χ3n) is 5.75. The lowest BCUT2D eigenvalue weighted by Gasteiger charge is -2.25. The summed E-state index contributed by atoms with van der Waals surface area (Å²) in [7, 11) is 0. The van der Waals surface area contributed by atoms with E-state index in [1.165, 1.54) is 29.2 Å². The Hall–Kier alpha value is -4.53. The van der Waals surface area contributed by atoms with Crippen molar-refractivity contribution in [3.8, 4) is 5.75 Å². The summed E-state index contributed by atoms with van der Waals surface area (Å²) in [6.07, 6.45) is 3.18. The van der Waals surface area contributed by atoms with Gasteiger partial charge in [0.2, 0.25) is 0 Å². The maximum Gasteiger partial charge on any atom is 0.295 e. The van der Waals surface area contributed by atoms with E-state index in [4.69, 9.17) is 4.74 Å². The molecule has 9 nitrogen and oxygen atoms in total. The Labute approximate surface area is 207 Å². The van der Waals surface area contributed by atoms with Crippen LogP contribution in [0.4, 0.5) is 5.69 Å². The zero-order valence-electron chi connectivity index (χ0n) is 19.8. The number of likely N-dealkylation sites (tertiary alicyclic amines) is 1. The summed E-state index contributed by atoms with van der Waals surface area (Å²) >= 11 is 0. The minimum Gasteiger partial charge on any atom is -0.507 e. The SMILES string of the molecule is CC(C)COc1ccc(/C(O)=C2\C(=O)C(=O)N(Cc3cccnc3)[C@@H]2c2ccc([N+](=O)[O-])cc2)cc1. The highest BCUT2D eigenvalue weighted by Gasteiger charge is 2.46. The molecule has 0 saturated carbocycles. The Morgan fingerprint density at radius 1 is 1.11 bits per heavy atom. The number of ether oxygens (including phenoxy) is 1. The van der Waals surface area contributed by atoms with Crippen LogP contribution in [0.2, 0.25) is 0 Å². The second-order valence-electron chi connectivity index (χ2n) is 8.87. The highest BCUT2D eigenvalue weighted by molar-refractivity contribution is 6.46. The number of aromatic nitrogens is 1. The fourth-order valence-corrected chi connectivity index (χ4v) is 3.98. The van der Waals surface area contributed by atoms with Gasteiger partial charge in [-0.2, -0.15) is 0 Å². The molecule has 1 aliphatic rings. The summed E-state index contributed by atoms with van der Waals surface area (Å²) in [5.41, 5.74) is 1.28. The first-order valence-corrected chi connectivity index (χ1v) is 11.4. The lowest BCUT2D eigenvalue weighted by atomic mass is 9.95. The van der Waals surface area contributed by atoms with Crippen LogP contribution < -0.4 is 4.74 Å². The molecule has 2 aromatic carbocycles. The van der Waals surface area contributed by atoms with Crippen molar-refractivity contribution < 1.29 is 24.4 Å². The van der Waals surface area contributed by atoms with Gasteiger partial charge in [0.25, 0.3) is 17.4 Å². The van der Waals surface area contributed by atoms with Gasteiger partial charge in [-0.1, -0.05) is 19.9 Å². The summed E-state index contributed by atoms with van der Waals surface area (Å²) in [5, 5.41) is 22.3. The van der Waals surface area contributed by atoms with E-state index in [1.807, 2.05) is 13.8 Å². The molecule has 0 bridgehead atoms. The van der Waals surface area contributed by atoms with Gasteiger partial charge in [0.1, 0.15) is 11.5 Å². The molecular formula is C27H25N3O6. The lowest BCUT2D eigenvalue weighted by molar-refractivity contribution is -0.384. The number of carbonyl (C=O) groups excluding carboxylic acids is 2. The van der Waals surface area contributed by atoms with Gasteiger partial charge in [-0.3, -0.25) is 24.7 Å². The first-order valence-electron chi connectivity index (χ1n) is 11.4. The molecule has 1 aliphatic heterocycles. The van der Waals surface area contributed by atoms with Crippen LogP contribution >= 0.6 is 0 Å². The Balaban J connectivity index is 1.77. The number of Topliss-reactive ketones (excluding diaryl/α,β-unsaturated/α-hetero) is 1. The Kier molecular flexibility index (Phi) is 7.10. The number of amides is 1. The molecule has 0 spiro atoms. The molecular weight excluding hydrogens is 462 g/mol. The number of aliphatic hydroxyl groups is 1. The quantitative estimate of drug-likeness (QED) is 0.161. The average molecular weight is 488 g/mol. The molecule has 9 heteroatoms. The van der Waals surface area contributed by atoms with Crippen molar-refractivity contribution >= 4 is 23.1 Å². The monoisotopic (exact) mass is 487 g/mol. The highest BCUT2D eigenvalue weighted by atomic mass is 16.6. The standard InChI is InChI=1S/C27H25N3O6/c1-17(2)16-36-22-11-7-20(8-12-22)25(31)23-24(19-5-9-21(10-6-19)30(34)35)29(27(33)26(23)32)15-18-4-3-13-28-14-18/h3-14,17,24,31H,15-16H2,1-2H3/b25-23+/t24-/m1/s1. The van der Waals surface area contributed by atoms with Crippen LogP contribution in [0.1, 0.15) is 36.6 Å². The van der Waals surface area contributed by atoms with E-state index in [1.54, 1.807) is 48.8 Å².